The Balaban J connectivity index is 1.20. The molecule has 1 heterocycles. The molecular formula is C35H37N3O4. The van der Waals surface area contributed by atoms with E-state index < -0.39 is 0 Å². The predicted octanol–water partition coefficient (Wildman–Crippen LogP) is 6.01. The van der Waals surface area contributed by atoms with Crippen molar-refractivity contribution in [1.29, 1.82) is 0 Å². The number of anilines is 1. The molecule has 0 radical (unpaired) electrons. The number of esters is 1. The molecule has 0 aromatic heterocycles. The molecule has 7 nitrogen and oxygen atoms in total. The van der Waals surface area contributed by atoms with Crippen molar-refractivity contribution in [3.05, 3.63) is 101 Å². The Kier molecular flexibility index (Phi) is 8.17. The van der Waals surface area contributed by atoms with Crippen LogP contribution in [0.4, 0.5) is 5.69 Å². The molecule has 7 heteroatoms. The van der Waals surface area contributed by atoms with E-state index in [1.165, 1.54) is 7.11 Å². The van der Waals surface area contributed by atoms with Crippen LogP contribution in [0.3, 0.4) is 0 Å². The number of rotatable bonds is 8. The Labute approximate surface area is 247 Å². The van der Waals surface area contributed by atoms with Crippen LogP contribution in [0.25, 0.3) is 0 Å². The zero-order chi connectivity index (χ0) is 29.1. The molecule has 3 aromatic carbocycles. The molecular weight excluding hydrogens is 526 g/mol. The molecule has 2 unspecified atom stereocenters. The number of nitrogens with one attached hydrogen (secondary N) is 1. The second-order valence-electron chi connectivity index (χ2n) is 11.7. The maximum absolute atomic E-state index is 13.9. The van der Waals surface area contributed by atoms with Gasteiger partial charge >= 0.3 is 5.97 Å². The summed E-state index contributed by atoms with van der Waals surface area (Å²) in [7, 11) is 1.42. The highest BCUT2D eigenvalue weighted by atomic mass is 16.5. The Morgan fingerprint density at radius 1 is 0.952 bits per heavy atom. The van der Waals surface area contributed by atoms with E-state index in [1.807, 2.05) is 72.8 Å². The third-order valence-corrected chi connectivity index (χ3v) is 9.02. The third-order valence-electron chi connectivity index (χ3n) is 9.02. The maximum Gasteiger partial charge on any atom is 0.309 e. The summed E-state index contributed by atoms with van der Waals surface area (Å²) in [5, 5.41) is 9.49. The van der Waals surface area contributed by atoms with E-state index in [-0.39, 0.29) is 35.5 Å². The van der Waals surface area contributed by atoms with Crippen LogP contribution in [0.15, 0.2) is 77.9 Å². The van der Waals surface area contributed by atoms with Gasteiger partial charge in [0.2, 0.25) is 11.8 Å². The topological polar surface area (TPSA) is 88.1 Å². The molecule has 1 aliphatic heterocycles. The molecule has 0 saturated heterocycles. The van der Waals surface area contributed by atoms with Crippen LogP contribution in [-0.4, -0.2) is 35.6 Å². The summed E-state index contributed by atoms with van der Waals surface area (Å²) >= 11 is 0. The first-order valence-corrected chi connectivity index (χ1v) is 15.0. The molecule has 0 bridgehead atoms. The number of amides is 2. The SMILES string of the molecule is COC(=O)C1Cc2cccc(NC(=O)C(c3ccc(CN4N=C(c5ccccc5)CCC4=O)cc3)C3CCCC3)c2C1. The molecule has 3 aliphatic rings. The van der Waals surface area contributed by atoms with Crippen LogP contribution in [0, 0.1) is 11.8 Å². The minimum atomic E-state index is -0.269. The van der Waals surface area contributed by atoms with Crippen LogP contribution in [0.1, 0.15) is 72.3 Å². The van der Waals surface area contributed by atoms with Gasteiger partial charge in [0, 0.05) is 18.5 Å². The summed E-state index contributed by atoms with van der Waals surface area (Å²) < 4.78 is 4.98. The average Bonchev–Trinajstić information content (AvgIpc) is 3.71. The Hall–Kier alpha value is -4.26. The van der Waals surface area contributed by atoms with E-state index in [0.29, 0.717) is 32.2 Å². The molecule has 3 aromatic rings. The highest BCUT2D eigenvalue weighted by Gasteiger charge is 2.34. The van der Waals surface area contributed by atoms with Gasteiger partial charge in [-0.3, -0.25) is 14.4 Å². The molecule has 0 spiro atoms. The first-order valence-electron chi connectivity index (χ1n) is 15.0. The van der Waals surface area contributed by atoms with Crippen molar-refractivity contribution in [2.75, 3.05) is 12.4 Å². The fraction of sp³-hybridized carbons (Fsp3) is 0.371. The second kappa shape index (κ2) is 12.3. The van der Waals surface area contributed by atoms with Gasteiger partial charge in [0.1, 0.15) is 0 Å². The number of carbonyl (C=O) groups is 3. The molecule has 2 amide bonds. The van der Waals surface area contributed by atoms with Crippen molar-refractivity contribution >= 4 is 29.2 Å². The van der Waals surface area contributed by atoms with Gasteiger partial charge in [-0.05, 0) is 65.5 Å². The highest BCUT2D eigenvalue weighted by molar-refractivity contribution is 6.04. The third kappa shape index (κ3) is 5.87. The zero-order valence-corrected chi connectivity index (χ0v) is 24.1. The van der Waals surface area contributed by atoms with Gasteiger partial charge < -0.3 is 10.1 Å². The van der Waals surface area contributed by atoms with Gasteiger partial charge in [0.05, 0.1) is 31.2 Å². The van der Waals surface area contributed by atoms with E-state index in [2.05, 4.69) is 10.4 Å². The number of methoxy groups -OCH3 is 1. The first kappa shape index (κ1) is 27.9. The number of nitrogens with zero attached hydrogens (tertiary/aromatic N) is 2. The predicted molar refractivity (Wildman–Crippen MR) is 162 cm³/mol. The lowest BCUT2D eigenvalue weighted by Crippen LogP contribution is -2.31. The number of hydrazone groups is 1. The lowest BCUT2D eigenvalue weighted by Gasteiger charge is -2.25. The molecule has 2 atom stereocenters. The number of hydrogen-bond donors (Lipinski definition) is 1. The molecule has 1 saturated carbocycles. The van der Waals surface area contributed by atoms with Crippen LogP contribution < -0.4 is 5.32 Å². The normalized spacial score (nSPS) is 19.3. The van der Waals surface area contributed by atoms with Gasteiger partial charge in [-0.25, -0.2) is 5.01 Å². The quantitative estimate of drug-likeness (QED) is 0.340. The van der Waals surface area contributed by atoms with Gasteiger partial charge in [-0.2, -0.15) is 5.10 Å². The number of benzene rings is 3. The lowest BCUT2D eigenvalue weighted by atomic mass is 9.83. The summed E-state index contributed by atoms with van der Waals surface area (Å²) in [6.07, 6.45) is 6.61. The van der Waals surface area contributed by atoms with Gasteiger partial charge in [0.15, 0.2) is 0 Å². The van der Waals surface area contributed by atoms with Crippen molar-refractivity contribution in [3.8, 4) is 0 Å². The van der Waals surface area contributed by atoms with Gasteiger partial charge in [-0.15, -0.1) is 0 Å². The lowest BCUT2D eigenvalue weighted by molar-refractivity contribution is -0.145. The fourth-order valence-electron chi connectivity index (χ4n) is 6.81. The summed E-state index contributed by atoms with van der Waals surface area (Å²) in [6.45, 7) is 0.396. The van der Waals surface area contributed by atoms with E-state index in [1.54, 1.807) is 5.01 Å². The minimum absolute atomic E-state index is 0.00659. The van der Waals surface area contributed by atoms with E-state index in [0.717, 1.165) is 64.9 Å². The summed E-state index contributed by atoms with van der Waals surface area (Å²) in [5.41, 5.74) is 6.85. The number of hydrogen-bond acceptors (Lipinski definition) is 5. The number of fused-ring (bicyclic) bond motifs is 1. The molecule has 42 heavy (non-hydrogen) atoms. The van der Waals surface area contributed by atoms with Gasteiger partial charge in [0.25, 0.3) is 0 Å². The standard InChI is InChI=1S/C35H37N3O4/c1-42-35(41)28-20-27-12-7-13-31(29(27)21-28)36-34(40)33(25-10-5-6-11-25)26-16-14-23(15-17-26)22-38-32(39)19-18-30(37-38)24-8-3-2-4-9-24/h2-4,7-9,12-17,25,28,33H,5-6,10-11,18-22H2,1H3,(H,36,40). The minimum Gasteiger partial charge on any atom is -0.469 e. The first-order chi connectivity index (χ1) is 20.5. The monoisotopic (exact) mass is 563 g/mol. The largest absolute Gasteiger partial charge is 0.469 e. The summed E-state index contributed by atoms with van der Waals surface area (Å²) in [5.74, 6) is -0.395. The van der Waals surface area contributed by atoms with Gasteiger partial charge in [-0.1, -0.05) is 79.6 Å². The molecule has 6 rings (SSSR count). The Morgan fingerprint density at radius 2 is 1.71 bits per heavy atom. The van der Waals surface area contributed by atoms with Crippen molar-refractivity contribution < 1.29 is 19.1 Å². The van der Waals surface area contributed by atoms with E-state index >= 15 is 0 Å². The van der Waals surface area contributed by atoms with Crippen LogP contribution in [0.5, 0.6) is 0 Å². The van der Waals surface area contributed by atoms with Crippen LogP contribution >= 0.6 is 0 Å². The average molecular weight is 564 g/mol. The Morgan fingerprint density at radius 3 is 2.45 bits per heavy atom. The molecule has 1 fully saturated rings. The number of ether oxygens (including phenoxy) is 1. The smallest absolute Gasteiger partial charge is 0.309 e. The molecule has 2 aliphatic carbocycles. The number of carbonyl (C=O) groups excluding carboxylic acids is 3. The summed E-state index contributed by atoms with van der Waals surface area (Å²) in [4.78, 5) is 38.8. The Bertz CT molecular complexity index is 1490. The highest BCUT2D eigenvalue weighted by Crippen LogP contribution is 2.39. The van der Waals surface area contributed by atoms with E-state index in [4.69, 9.17) is 4.74 Å². The summed E-state index contributed by atoms with van der Waals surface area (Å²) in [6, 6.07) is 24.0. The zero-order valence-electron chi connectivity index (χ0n) is 24.1. The van der Waals surface area contributed by atoms with Crippen molar-refractivity contribution in [2.45, 2.75) is 63.8 Å². The van der Waals surface area contributed by atoms with Crippen molar-refractivity contribution in [3.63, 3.8) is 0 Å². The fourth-order valence-corrected chi connectivity index (χ4v) is 6.81. The van der Waals surface area contributed by atoms with Crippen LogP contribution in [0.2, 0.25) is 0 Å². The molecule has 216 valence electrons. The second-order valence-corrected chi connectivity index (χ2v) is 11.7. The maximum atomic E-state index is 13.9. The van der Waals surface area contributed by atoms with Crippen molar-refractivity contribution in [2.24, 2.45) is 16.9 Å². The van der Waals surface area contributed by atoms with Crippen LogP contribution in [-0.2, 0) is 38.5 Å². The van der Waals surface area contributed by atoms with E-state index in [9.17, 15) is 14.4 Å². The van der Waals surface area contributed by atoms with Crippen molar-refractivity contribution in [1.82, 2.24) is 5.01 Å². The molecule has 1 N–H and O–H groups in total.